The van der Waals surface area contributed by atoms with Crippen LogP contribution in [0.25, 0.3) is 28.5 Å². The summed E-state index contributed by atoms with van der Waals surface area (Å²) in [6, 6.07) is 7.75. The summed E-state index contributed by atoms with van der Waals surface area (Å²) in [7, 11) is 0. The van der Waals surface area contributed by atoms with Gasteiger partial charge in [-0.25, -0.2) is 4.68 Å². The minimum absolute atomic E-state index is 0.0357. The van der Waals surface area contributed by atoms with Gasteiger partial charge < -0.3 is 4.52 Å². The molecule has 2 heterocycles. The number of para-hydroxylation sites is 1. The molecule has 0 fully saturated rings. The van der Waals surface area contributed by atoms with E-state index in [1.54, 1.807) is 6.07 Å². The Morgan fingerprint density at radius 3 is 1.85 bits per heavy atom. The molecule has 0 aliphatic rings. The molecule has 0 saturated carbocycles. The molecular weight excluding hydrogens is 483 g/mol. The summed E-state index contributed by atoms with van der Waals surface area (Å²) in [5.74, 6) is -1.57. The van der Waals surface area contributed by atoms with Crippen molar-refractivity contribution in [2.24, 2.45) is 0 Å². The smallest absolute Gasteiger partial charge is 0.333 e. The molecule has 2 aromatic carbocycles. The van der Waals surface area contributed by atoms with Crippen molar-refractivity contribution in [2.75, 3.05) is 0 Å². The zero-order chi connectivity index (χ0) is 24.9. The molecule has 0 spiro atoms. The van der Waals surface area contributed by atoms with E-state index in [0.717, 1.165) is 6.20 Å². The highest BCUT2D eigenvalue weighted by Gasteiger charge is 2.41. The highest BCUT2D eigenvalue weighted by atomic mass is 19.4. The molecule has 178 valence electrons. The molecule has 0 N–H and O–H groups in total. The molecule has 0 aliphatic carbocycles. The highest BCUT2D eigenvalue weighted by Crippen LogP contribution is 2.40. The van der Waals surface area contributed by atoms with Gasteiger partial charge in [-0.2, -0.15) is 49.6 Å². The number of rotatable bonds is 3. The molecule has 0 atom stereocenters. The summed E-state index contributed by atoms with van der Waals surface area (Å²) >= 11 is 0. The summed E-state index contributed by atoms with van der Waals surface area (Å²) in [5, 5.41) is 6.96. The first kappa shape index (κ1) is 23.3. The van der Waals surface area contributed by atoms with Crippen LogP contribution in [0.5, 0.6) is 0 Å². The van der Waals surface area contributed by atoms with E-state index in [-0.39, 0.29) is 11.8 Å². The summed E-state index contributed by atoms with van der Waals surface area (Å²) in [4.78, 5) is 3.61. The second-order valence-electron chi connectivity index (χ2n) is 6.87. The average Bonchev–Trinajstić information content (AvgIpc) is 3.40. The van der Waals surface area contributed by atoms with Crippen molar-refractivity contribution < 1.29 is 44.0 Å². The lowest BCUT2D eigenvalue weighted by molar-refractivity contribution is -0.143. The second-order valence-corrected chi connectivity index (χ2v) is 6.87. The first-order valence-corrected chi connectivity index (χ1v) is 9.10. The van der Waals surface area contributed by atoms with Crippen molar-refractivity contribution in [1.29, 1.82) is 0 Å². The standard InChI is InChI=1S/C20H9F9N4O/c21-18(22,23)11-6-10(7-12(8-11)19(24,25)26)16-31-17(34-32-16)14-9-30-33(15(14)20(27,28)29)13-4-2-1-3-5-13/h1-9H. The molecule has 4 rings (SSSR count). The normalized spacial score (nSPS) is 12.9. The van der Waals surface area contributed by atoms with E-state index in [4.69, 9.17) is 4.52 Å². The molecule has 2 aromatic heterocycles. The molecule has 34 heavy (non-hydrogen) atoms. The number of nitrogens with zero attached hydrogens (tertiary/aromatic N) is 4. The van der Waals surface area contributed by atoms with E-state index in [1.165, 1.54) is 24.3 Å². The quantitative estimate of drug-likeness (QED) is 0.301. The lowest BCUT2D eigenvalue weighted by Gasteiger charge is -2.12. The summed E-state index contributed by atoms with van der Waals surface area (Å²) < 4.78 is 125. The van der Waals surface area contributed by atoms with Gasteiger partial charge in [0.2, 0.25) is 5.82 Å². The zero-order valence-corrected chi connectivity index (χ0v) is 16.3. The van der Waals surface area contributed by atoms with Gasteiger partial charge in [-0.15, -0.1) is 0 Å². The topological polar surface area (TPSA) is 56.7 Å². The lowest BCUT2D eigenvalue weighted by Crippen LogP contribution is -2.14. The maximum absolute atomic E-state index is 13.8. The molecule has 14 heteroatoms. The number of aromatic nitrogens is 4. The third-order valence-electron chi connectivity index (χ3n) is 4.54. The average molecular weight is 492 g/mol. The van der Waals surface area contributed by atoms with Gasteiger partial charge in [0.05, 0.1) is 28.6 Å². The van der Waals surface area contributed by atoms with Gasteiger partial charge in [0.15, 0.2) is 5.69 Å². The zero-order valence-electron chi connectivity index (χ0n) is 16.3. The van der Waals surface area contributed by atoms with Gasteiger partial charge >= 0.3 is 18.5 Å². The van der Waals surface area contributed by atoms with Gasteiger partial charge in [-0.1, -0.05) is 23.4 Å². The maximum Gasteiger partial charge on any atom is 0.434 e. The van der Waals surface area contributed by atoms with Crippen LogP contribution >= 0.6 is 0 Å². The predicted octanol–water partition coefficient (Wildman–Crippen LogP) is 6.65. The third kappa shape index (κ3) is 4.47. The van der Waals surface area contributed by atoms with Crippen molar-refractivity contribution >= 4 is 0 Å². The van der Waals surface area contributed by atoms with Crippen LogP contribution in [0.3, 0.4) is 0 Å². The molecule has 0 unspecified atom stereocenters. The minimum Gasteiger partial charge on any atom is -0.333 e. The molecule has 5 nitrogen and oxygen atoms in total. The fourth-order valence-corrected chi connectivity index (χ4v) is 3.08. The Hall–Kier alpha value is -3.84. The van der Waals surface area contributed by atoms with Crippen LogP contribution in [0.1, 0.15) is 16.8 Å². The highest BCUT2D eigenvalue weighted by molar-refractivity contribution is 5.64. The van der Waals surface area contributed by atoms with E-state index in [9.17, 15) is 39.5 Å². The number of benzene rings is 2. The van der Waals surface area contributed by atoms with Crippen LogP contribution in [0.4, 0.5) is 39.5 Å². The SMILES string of the molecule is FC(F)(F)c1cc(-c2noc(-c3cnn(-c4ccccc4)c3C(F)(F)F)n2)cc(C(F)(F)F)c1. The number of hydrogen-bond donors (Lipinski definition) is 0. The van der Waals surface area contributed by atoms with Gasteiger partial charge in [0.25, 0.3) is 5.89 Å². The summed E-state index contributed by atoms with van der Waals surface area (Å²) in [6.07, 6.45) is -14.5. The van der Waals surface area contributed by atoms with Crippen molar-refractivity contribution in [2.45, 2.75) is 18.5 Å². The maximum atomic E-state index is 13.8. The summed E-state index contributed by atoms with van der Waals surface area (Å²) in [6.45, 7) is 0. The van der Waals surface area contributed by atoms with Crippen LogP contribution in [0.15, 0.2) is 59.3 Å². The van der Waals surface area contributed by atoms with Crippen LogP contribution in [0, 0.1) is 0 Å². The van der Waals surface area contributed by atoms with E-state index in [2.05, 4.69) is 15.2 Å². The monoisotopic (exact) mass is 492 g/mol. The van der Waals surface area contributed by atoms with Crippen molar-refractivity contribution in [1.82, 2.24) is 19.9 Å². The van der Waals surface area contributed by atoms with E-state index in [0.29, 0.717) is 16.8 Å². The van der Waals surface area contributed by atoms with Crippen LogP contribution in [-0.4, -0.2) is 19.9 Å². The van der Waals surface area contributed by atoms with E-state index >= 15 is 0 Å². The molecule has 0 radical (unpaired) electrons. The molecule has 0 bridgehead atoms. The predicted molar refractivity (Wildman–Crippen MR) is 97.3 cm³/mol. The van der Waals surface area contributed by atoms with Crippen LogP contribution in [0.2, 0.25) is 0 Å². The Morgan fingerprint density at radius 2 is 1.32 bits per heavy atom. The van der Waals surface area contributed by atoms with Crippen molar-refractivity contribution in [3.8, 4) is 28.5 Å². The minimum atomic E-state index is -5.14. The van der Waals surface area contributed by atoms with E-state index < -0.39 is 58.2 Å². The van der Waals surface area contributed by atoms with Crippen LogP contribution in [-0.2, 0) is 18.5 Å². The Labute approximate surface area is 183 Å². The molecule has 0 amide bonds. The third-order valence-corrected chi connectivity index (χ3v) is 4.54. The van der Waals surface area contributed by atoms with Gasteiger partial charge in [-0.05, 0) is 30.3 Å². The Balaban J connectivity index is 1.84. The fraction of sp³-hybridized carbons (Fsp3) is 0.150. The Morgan fingerprint density at radius 1 is 0.735 bits per heavy atom. The molecule has 4 aromatic rings. The first-order valence-electron chi connectivity index (χ1n) is 9.10. The molecular formula is C20H9F9N4O. The second kappa shape index (κ2) is 7.88. The number of alkyl halides is 9. The fourth-order valence-electron chi connectivity index (χ4n) is 3.08. The number of hydrogen-bond acceptors (Lipinski definition) is 4. The van der Waals surface area contributed by atoms with Gasteiger partial charge in [-0.3, -0.25) is 0 Å². The van der Waals surface area contributed by atoms with Gasteiger partial charge in [0.1, 0.15) is 0 Å². The molecule has 0 aliphatic heterocycles. The lowest BCUT2D eigenvalue weighted by atomic mass is 10.0. The van der Waals surface area contributed by atoms with Gasteiger partial charge in [0, 0.05) is 5.56 Å². The molecule has 0 saturated heterocycles. The van der Waals surface area contributed by atoms with E-state index in [1.807, 2.05) is 0 Å². The largest absolute Gasteiger partial charge is 0.434 e. The van der Waals surface area contributed by atoms with Crippen LogP contribution < -0.4 is 0 Å². The Bertz CT molecular complexity index is 1290. The summed E-state index contributed by atoms with van der Waals surface area (Å²) in [5.41, 5.74) is -6.03. The first-order chi connectivity index (χ1) is 15.7. The van der Waals surface area contributed by atoms with Crippen molar-refractivity contribution in [3.05, 3.63) is 71.5 Å². The Kier molecular flexibility index (Phi) is 5.41. The number of halogens is 9. The van der Waals surface area contributed by atoms with Crippen molar-refractivity contribution in [3.63, 3.8) is 0 Å².